The Labute approximate surface area is 162 Å². The van der Waals surface area contributed by atoms with E-state index < -0.39 is 0 Å². The number of nitrogens with one attached hydrogen (secondary N) is 1. The first-order valence-corrected chi connectivity index (χ1v) is 9.40. The molecule has 3 rings (SSSR count). The van der Waals surface area contributed by atoms with E-state index in [4.69, 9.17) is 34.8 Å². The lowest BCUT2D eigenvalue weighted by Crippen LogP contribution is -2.25. The van der Waals surface area contributed by atoms with Crippen LogP contribution in [0.25, 0.3) is 11.2 Å². The number of aromatic amines is 1. The molecule has 0 atom stereocenters. The van der Waals surface area contributed by atoms with E-state index in [2.05, 4.69) is 26.8 Å². The molecular formula is C18H19Cl3N4. The summed E-state index contributed by atoms with van der Waals surface area (Å²) >= 11 is 18.0. The van der Waals surface area contributed by atoms with Crippen molar-refractivity contribution in [3.05, 3.63) is 51.1 Å². The van der Waals surface area contributed by atoms with Crippen molar-refractivity contribution in [1.82, 2.24) is 15.0 Å². The van der Waals surface area contributed by atoms with Crippen LogP contribution in [0.2, 0.25) is 15.2 Å². The molecule has 0 aliphatic carbocycles. The molecule has 0 saturated carbocycles. The summed E-state index contributed by atoms with van der Waals surface area (Å²) in [6, 6.07) is 9.36. The minimum atomic E-state index is 0.453. The van der Waals surface area contributed by atoms with Crippen LogP contribution in [-0.2, 0) is 6.42 Å². The molecule has 132 valence electrons. The minimum Gasteiger partial charge on any atom is -0.343 e. The number of H-pyrrole nitrogens is 1. The van der Waals surface area contributed by atoms with Crippen LogP contribution in [0, 0.1) is 0 Å². The summed E-state index contributed by atoms with van der Waals surface area (Å²) in [7, 11) is 0. The standard InChI is InChI=1S/C18H19Cl3N4/c1-2-25(18-22-15-6-7-16(21)23-17(15)24-18)8-4-3-5-12-9-13(19)11-14(20)10-12/h6-7,9-11H,2-5,8H2,1H3,(H,22,23,24). The van der Waals surface area contributed by atoms with E-state index in [1.165, 1.54) is 5.56 Å². The molecule has 2 heterocycles. The third-order valence-electron chi connectivity index (χ3n) is 4.05. The molecular weight excluding hydrogens is 379 g/mol. The number of aromatic nitrogens is 3. The first-order chi connectivity index (χ1) is 12.0. The monoisotopic (exact) mass is 396 g/mol. The third-order valence-corrected chi connectivity index (χ3v) is 4.69. The van der Waals surface area contributed by atoms with Crippen LogP contribution in [0.1, 0.15) is 25.3 Å². The van der Waals surface area contributed by atoms with Crippen LogP contribution >= 0.6 is 34.8 Å². The second kappa shape index (κ2) is 8.26. The molecule has 0 radical (unpaired) electrons. The van der Waals surface area contributed by atoms with Gasteiger partial charge in [-0.3, -0.25) is 0 Å². The Morgan fingerprint density at radius 2 is 1.76 bits per heavy atom. The van der Waals surface area contributed by atoms with Crippen molar-refractivity contribution in [2.45, 2.75) is 26.2 Å². The number of aryl methyl sites for hydroxylation is 1. The average Bonchev–Trinajstić information content (AvgIpc) is 2.96. The fourth-order valence-electron chi connectivity index (χ4n) is 2.81. The number of fused-ring (bicyclic) bond motifs is 1. The predicted molar refractivity (Wildman–Crippen MR) is 106 cm³/mol. The molecule has 0 saturated heterocycles. The van der Waals surface area contributed by atoms with Crippen molar-refractivity contribution >= 4 is 51.9 Å². The van der Waals surface area contributed by atoms with Crippen molar-refractivity contribution in [2.75, 3.05) is 18.0 Å². The molecule has 0 aliphatic heterocycles. The van der Waals surface area contributed by atoms with E-state index in [-0.39, 0.29) is 0 Å². The summed E-state index contributed by atoms with van der Waals surface area (Å²) in [6.07, 6.45) is 3.05. The van der Waals surface area contributed by atoms with Gasteiger partial charge >= 0.3 is 0 Å². The fraction of sp³-hybridized carbons (Fsp3) is 0.333. The van der Waals surface area contributed by atoms with Crippen LogP contribution in [-0.4, -0.2) is 28.0 Å². The van der Waals surface area contributed by atoms with Crippen LogP contribution in [0.3, 0.4) is 0 Å². The molecule has 2 aromatic heterocycles. The van der Waals surface area contributed by atoms with E-state index in [1.807, 2.05) is 18.2 Å². The van der Waals surface area contributed by atoms with E-state index in [0.717, 1.165) is 43.8 Å². The summed E-state index contributed by atoms with van der Waals surface area (Å²) in [5.41, 5.74) is 2.71. The summed E-state index contributed by atoms with van der Waals surface area (Å²) < 4.78 is 0. The summed E-state index contributed by atoms with van der Waals surface area (Å²) in [5.74, 6) is 0.832. The maximum Gasteiger partial charge on any atom is 0.205 e. The zero-order valence-corrected chi connectivity index (χ0v) is 16.2. The topological polar surface area (TPSA) is 44.8 Å². The van der Waals surface area contributed by atoms with Crippen molar-refractivity contribution in [3.63, 3.8) is 0 Å². The Hall–Kier alpha value is -1.49. The smallest absolute Gasteiger partial charge is 0.205 e. The van der Waals surface area contributed by atoms with Crippen molar-refractivity contribution < 1.29 is 0 Å². The normalized spacial score (nSPS) is 11.2. The zero-order valence-electron chi connectivity index (χ0n) is 13.9. The molecule has 0 unspecified atom stereocenters. The van der Waals surface area contributed by atoms with Gasteiger partial charge in [-0.2, -0.15) is 4.98 Å². The van der Waals surface area contributed by atoms with Crippen LogP contribution in [0.5, 0.6) is 0 Å². The second-order valence-corrected chi connectivity index (χ2v) is 7.14. The van der Waals surface area contributed by atoms with Crippen molar-refractivity contribution in [2.24, 2.45) is 0 Å². The molecule has 0 bridgehead atoms. The van der Waals surface area contributed by atoms with Gasteiger partial charge in [0.25, 0.3) is 0 Å². The van der Waals surface area contributed by atoms with E-state index in [1.54, 1.807) is 12.1 Å². The van der Waals surface area contributed by atoms with E-state index >= 15 is 0 Å². The molecule has 0 fully saturated rings. The Kier molecular flexibility index (Phi) is 6.05. The van der Waals surface area contributed by atoms with E-state index in [0.29, 0.717) is 20.8 Å². The molecule has 25 heavy (non-hydrogen) atoms. The van der Waals surface area contributed by atoms with Crippen LogP contribution < -0.4 is 4.90 Å². The number of unbranched alkanes of at least 4 members (excludes halogenated alkanes) is 1. The number of benzene rings is 1. The number of halogens is 3. The molecule has 1 N–H and O–H groups in total. The zero-order chi connectivity index (χ0) is 17.8. The van der Waals surface area contributed by atoms with Gasteiger partial charge in [0.1, 0.15) is 5.15 Å². The highest BCUT2D eigenvalue weighted by Crippen LogP contribution is 2.21. The van der Waals surface area contributed by atoms with Crippen LogP contribution in [0.4, 0.5) is 5.95 Å². The molecule has 0 amide bonds. The number of hydrogen-bond acceptors (Lipinski definition) is 3. The van der Waals surface area contributed by atoms with Gasteiger partial charge in [-0.15, -0.1) is 0 Å². The van der Waals surface area contributed by atoms with Crippen LogP contribution in [0.15, 0.2) is 30.3 Å². The molecule has 0 spiro atoms. The highest BCUT2D eigenvalue weighted by Gasteiger charge is 2.11. The Balaban J connectivity index is 1.58. The maximum absolute atomic E-state index is 6.05. The summed E-state index contributed by atoms with van der Waals surface area (Å²) in [4.78, 5) is 14.3. The average molecular weight is 398 g/mol. The van der Waals surface area contributed by atoms with Gasteiger partial charge in [-0.05, 0) is 62.1 Å². The highest BCUT2D eigenvalue weighted by molar-refractivity contribution is 6.34. The first-order valence-electron chi connectivity index (χ1n) is 8.27. The fourth-order valence-corrected chi connectivity index (χ4v) is 3.52. The van der Waals surface area contributed by atoms with E-state index in [9.17, 15) is 0 Å². The molecule has 4 nitrogen and oxygen atoms in total. The molecule has 0 aliphatic rings. The van der Waals surface area contributed by atoms with Gasteiger partial charge in [0.2, 0.25) is 5.95 Å². The van der Waals surface area contributed by atoms with Gasteiger partial charge < -0.3 is 9.88 Å². The Morgan fingerprint density at radius 1 is 1.00 bits per heavy atom. The minimum absolute atomic E-state index is 0.453. The number of pyridine rings is 1. The molecule has 7 heteroatoms. The maximum atomic E-state index is 6.05. The van der Waals surface area contributed by atoms with Gasteiger partial charge in [0, 0.05) is 23.1 Å². The molecule has 1 aromatic carbocycles. The Morgan fingerprint density at radius 3 is 2.48 bits per heavy atom. The third kappa shape index (κ3) is 4.78. The quantitative estimate of drug-likeness (QED) is 0.407. The molecule has 3 aromatic rings. The number of anilines is 1. The van der Waals surface area contributed by atoms with Gasteiger partial charge in [-0.25, -0.2) is 4.98 Å². The van der Waals surface area contributed by atoms with Gasteiger partial charge in [-0.1, -0.05) is 34.8 Å². The number of rotatable bonds is 7. The lowest BCUT2D eigenvalue weighted by atomic mass is 10.1. The first kappa shape index (κ1) is 18.3. The summed E-state index contributed by atoms with van der Waals surface area (Å²) in [6.45, 7) is 3.90. The lowest BCUT2D eigenvalue weighted by Gasteiger charge is -2.19. The number of imidazole rings is 1. The second-order valence-electron chi connectivity index (χ2n) is 5.88. The summed E-state index contributed by atoms with van der Waals surface area (Å²) in [5, 5.41) is 1.83. The predicted octanol–water partition coefficient (Wildman–Crippen LogP) is 5.77. The largest absolute Gasteiger partial charge is 0.343 e. The van der Waals surface area contributed by atoms with Gasteiger partial charge in [0.05, 0.1) is 5.52 Å². The van der Waals surface area contributed by atoms with Gasteiger partial charge in [0.15, 0.2) is 5.65 Å². The van der Waals surface area contributed by atoms with Crippen molar-refractivity contribution in [1.29, 1.82) is 0 Å². The Bertz CT molecular complexity index is 842. The highest BCUT2D eigenvalue weighted by atomic mass is 35.5. The number of nitrogens with zero attached hydrogens (tertiary/aromatic N) is 3. The number of hydrogen-bond donors (Lipinski definition) is 1. The lowest BCUT2D eigenvalue weighted by molar-refractivity contribution is 0.687. The SMILES string of the molecule is CCN(CCCCc1cc(Cl)cc(Cl)c1)c1nc2nc(Cl)ccc2[nH]1. The van der Waals surface area contributed by atoms with Crippen molar-refractivity contribution in [3.8, 4) is 0 Å².